The van der Waals surface area contributed by atoms with E-state index < -0.39 is 0 Å². The molecule has 0 aliphatic carbocycles. The topological polar surface area (TPSA) is 78.7 Å². The van der Waals surface area contributed by atoms with Crippen LogP contribution in [0.15, 0.2) is 22.8 Å². The lowest BCUT2D eigenvalue weighted by atomic mass is 10.3. The first-order chi connectivity index (χ1) is 12.1. The first-order valence-corrected chi connectivity index (χ1v) is 9.18. The number of aliphatic imine (C=N–C) groups is 1. The first kappa shape index (κ1) is 17.4. The number of piperazine rings is 1. The lowest BCUT2D eigenvalue weighted by molar-refractivity contribution is -0.120. The van der Waals surface area contributed by atoms with Gasteiger partial charge in [-0.3, -0.25) is 9.48 Å². The molecule has 0 aromatic carbocycles. The SMILES string of the molecule is CCNC(=NCc1nc(C)cs1)N1CCN(c2cnn(C)c2)C(=O)C1. The summed E-state index contributed by atoms with van der Waals surface area (Å²) >= 11 is 1.61. The maximum absolute atomic E-state index is 12.6. The Balaban J connectivity index is 1.67. The predicted octanol–water partition coefficient (Wildman–Crippen LogP) is 0.999. The van der Waals surface area contributed by atoms with Gasteiger partial charge in [0.2, 0.25) is 5.91 Å². The third-order valence-electron chi connectivity index (χ3n) is 3.89. The molecular weight excluding hydrogens is 338 g/mol. The predicted molar refractivity (Wildman–Crippen MR) is 98.8 cm³/mol. The number of thiazole rings is 1. The van der Waals surface area contributed by atoms with Crippen molar-refractivity contribution in [3.63, 3.8) is 0 Å². The van der Waals surface area contributed by atoms with Crippen LogP contribution in [0.1, 0.15) is 17.6 Å². The smallest absolute Gasteiger partial charge is 0.246 e. The van der Waals surface area contributed by atoms with Crippen molar-refractivity contribution >= 4 is 28.9 Å². The molecule has 0 radical (unpaired) electrons. The van der Waals surface area contributed by atoms with Gasteiger partial charge in [0.05, 0.1) is 18.4 Å². The van der Waals surface area contributed by atoms with Gasteiger partial charge in [0.1, 0.15) is 11.6 Å². The van der Waals surface area contributed by atoms with Gasteiger partial charge < -0.3 is 15.1 Å². The van der Waals surface area contributed by atoms with E-state index >= 15 is 0 Å². The molecule has 1 fully saturated rings. The highest BCUT2D eigenvalue weighted by molar-refractivity contribution is 7.09. The highest BCUT2D eigenvalue weighted by Gasteiger charge is 2.27. The Bertz CT molecular complexity index is 766. The number of guanidine groups is 1. The van der Waals surface area contributed by atoms with Gasteiger partial charge in [0, 0.05) is 44.0 Å². The van der Waals surface area contributed by atoms with Crippen molar-refractivity contribution in [2.75, 3.05) is 31.1 Å². The Hall–Kier alpha value is -2.42. The minimum atomic E-state index is 0.0509. The zero-order valence-electron chi connectivity index (χ0n) is 14.8. The molecule has 1 aliphatic heterocycles. The average molecular weight is 361 g/mol. The monoisotopic (exact) mass is 361 g/mol. The summed E-state index contributed by atoms with van der Waals surface area (Å²) in [6.07, 6.45) is 3.58. The number of aryl methyl sites for hydroxylation is 2. The Morgan fingerprint density at radius 2 is 2.28 bits per heavy atom. The summed E-state index contributed by atoms with van der Waals surface area (Å²) in [5, 5.41) is 10.4. The van der Waals surface area contributed by atoms with Crippen LogP contribution in [0.4, 0.5) is 5.69 Å². The summed E-state index contributed by atoms with van der Waals surface area (Å²) < 4.78 is 1.70. The number of rotatable bonds is 4. The average Bonchev–Trinajstić information content (AvgIpc) is 3.19. The molecule has 2 aromatic rings. The van der Waals surface area contributed by atoms with E-state index in [1.807, 2.05) is 37.4 Å². The maximum Gasteiger partial charge on any atom is 0.246 e. The van der Waals surface area contributed by atoms with E-state index in [2.05, 4.69) is 20.4 Å². The minimum Gasteiger partial charge on any atom is -0.356 e. The summed E-state index contributed by atoms with van der Waals surface area (Å²) in [7, 11) is 1.85. The number of hydrogen-bond acceptors (Lipinski definition) is 5. The number of nitrogens with zero attached hydrogens (tertiary/aromatic N) is 6. The van der Waals surface area contributed by atoms with Crippen LogP contribution < -0.4 is 10.2 Å². The van der Waals surface area contributed by atoms with E-state index in [0.717, 1.165) is 35.4 Å². The molecule has 1 N–H and O–H groups in total. The lowest BCUT2D eigenvalue weighted by Gasteiger charge is -2.35. The third kappa shape index (κ3) is 4.16. The maximum atomic E-state index is 12.6. The fraction of sp³-hybridized carbons (Fsp3) is 0.500. The summed E-state index contributed by atoms with van der Waals surface area (Å²) in [5.74, 6) is 0.810. The van der Waals surface area contributed by atoms with E-state index in [-0.39, 0.29) is 5.91 Å². The van der Waals surface area contributed by atoms with Crippen LogP contribution in [0, 0.1) is 6.92 Å². The molecular formula is C16H23N7OS. The fourth-order valence-electron chi connectivity index (χ4n) is 2.72. The van der Waals surface area contributed by atoms with Crippen LogP contribution in [0.25, 0.3) is 0 Å². The summed E-state index contributed by atoms with van der Waals surface area (Å²) in [6.45, 7) is 6.93. The van der Waals surface area contributed by atoms with Crippen molar-refractivity contribution < 1.29 is 4.79 Å². The Labute approximate surface area is 151 Å². The molecule has 1 aliphatic rings. The van der Waals surface area contributed by atoms with Gasteiger partial charge >= 0.3 is 0 Å². The Morgan fingerprint density at radius 3 is 2.88 bits per heavy atom. The van der Waals surface area contributed by atoms with E-state index in [1.165, 1.54) is 0 Å². The van der Waals surface area contributed by atoms with Crippen LogP contribution in [-0.4, -0.2) is 57.7 Å². The molecule has 0 unspecified atom stereocenters. The van der Waals surface area contributed by atoms with Gasteiger partial charge in [-0.1, -0.05) is 0 Å². The largest absolute Gasteiger partial charge is 0.356 e. The first-order valence-electron chi connectivity index (χ1n) is 8.30. The summed E-state index contributed by atoms with van der Waals surface area (Å²) in [6, 6.07) is 0. The van der Waals surface area contributed by atoms with Gasteiger partial charge in [0.25, 0.3) is 0 Å². The molecule has 0 saturated carbocycles. The van der Waals surface area contributed by atoms with Crippen molar-refractivity contribution in [1.82, 2.24) is 25.0 Å². The standard InChI is InChI=1S/C16H23N7OS/c1-4-17-16(18-8-14-20-12(2)11-25-14)22-5-6-23(15(24)10-22)13-7-19-21(3)9-13/h7,9,11H,4-6,8,10H2,1-3H3,(H,17,18). The van der Waals surface area contributed by atoms with Gasteiger partial charge in [-0.15, -0.1) is 11.3 Å². The van der Waals surface area contributed by atoms with Crippen molar-refractivity contribution in [2.24, 2.45) is 12.0 Å². The molecule has 0 bridgehead atoms. The van der Waals surface area contributed by atoms with Crippen LogP contribution >= 0.6 is 11.3 Å². The molecule has 25 heavy (non-hydrogen) atoms. The second kappa shape index (κ2) is 7.64. The Morgan fingerprint density at radius 1 is 1.44 bits per heavy atom. The molecule has 9 heteroatoms. The Kier molecular flexibility index (Phi) is 5.32. The second-order valence-corrected chi connectivity index (χ2v) is 6.83. The molecule has 2 aromatic heterocycles. The number of amides is 1. The van der Waals surface area contributed by atoms with Crippen LogP contribution in [0.3, 0.4) is 0 Å². The van der Waals surface area contributed by atoms with Crippen LogP contribution in [-0.2, 0) is 18.4 Å². The third-order valence-corrected chi connectivity index (χ3v) is 4.84. The number of aromatic nitrogens is 3. The van der Waals surface area contributed by atoms with Gasteiger partial charge in [0.15, 0.2) is 5.96 Å². The van der Waals surface area contributed by atoms with Crippen molar-refractivity contribution in [3.8, 4) is 0 Å². The summed E-state index contributed by atoms with van der Waals surface area (Å²) in [4.78, 5) is 25.4. The van der Waals surface area contributed by atoms with E-state index in [9.17, 15) is 4.79 Å². The lowest BCUT2D eigenvalue weighted by Crippen LogP contribution is -2.55. The molecule has 1 amide bonds. The molecule has 0 spiro atoms. The zero-order chi connectivity index (χ0) is 17.8. The highest BCUT2D eigenvalue weighted by Crippen LogP contribution is 2.16. The van der Waals surface area contributed by atoms with Crippen LogP contribution in [0.2, 0.25) is 0 Å². The van der Waals surface area contributed by atoms with E-state index in [4.69, 9.17) is 0 Å². The second-order valence-electron chi connectivity index (χ2n) is 5.89. The normalized spacial score (nSPS) is 15.8. The minimum absolute atomic E-state index is 0.0509. The molecule has 8 nitrogen and oxygen atoms in total. The van der Waals surface area contributed by atoms with Crippen molar-refractivity contribution in [2.45, 2.75) is 20.4 Å². The van der Waals surface area contributed by atoms with Gasteiger partial charge in [-0.2, -0.15) is 5.10 Å². The molecule has 134 valence electrons. The van der Waals surface area contributed by atoms with E-state index in [1.54, 1.807) is 27.1 Å². The number of carbonyl (C=O) groups excluding carboxylic acids is 1. The quantitative estimate of drug-likeness (QED) is 0.649. The zero-order valence-corrected chi connectivity index (χ0v) is 15.6. The molecule has 3 rings (SSSR count). The highest BCUT2D eigenvalue weighted by atomic mass is 32.1. The van der Waals surface area contributed by atoms with Crippen molar-refractivity contribution in [3.05, 3.63) is 28.5 Å². The number of hydrogen-bond donors (Lipinski definition) is 1. The van der Waals surface area contributed by atoms with Crippen LogP contribution in [0.5, 0.6) is 0 Å². The van der Waals surface area contributed by atoms with Crippen molar-refractivity contribution in [1.29, 1.82) is 0 Å². The molecule has 3 heterocycles. The number of nitrogens with one attached hydrogen (secondary N) is 1. The molecule has 1 saturated heterocycles. The van der Waals surface area contributed by atoms with Gasteiger partial charge in [-0.05, 0) is 13.8 Å². The van der Waals surface area contributed by atoms with Gasteiger partial charge in [-0.25, -0.2) is 9.98 Å². The molecule has 0 atom stereocenters. The number of anilines is 1. The fourth-order valence-corrected chi connectivity index (χ4v) is 3.41. The van der Waals surface area contributed by atoms with E-state index in [0.29, 0.717) is 19.6 Å². The summed E-state index contributed by atoms with van der Waals surface area (Å²) in [5.41, 5.74) is 1.85. The number of carbonyl (C=O) groups is 1.